The fourth-order valence-corrected chi connectivity index (χ4v) is 1.90. The molecule has 0 amide bonds. The smallest absolute Gasteiger partial charge is 0.244 e. The molecule has 120 valence electrons. The van der Waals surface area contributed by atoms with Crippen molar-refractivity contribution in [3.05, 3.63) is 12.3 Å². The first-order chi connectivity index (χ1) is 10.5. The molecule has 22 heavy (non-hydrogen) atoms. The predicted octanol–water partition coefficient (Wildman–Crippen LogP) is 0.570. The lowest BCUT2D eigenvalue weighted by Crippen LogP contribution is -2.26. The number of rotatable bonds is 4. The van der Waals surface area contributed by atoms with Crippen molar-refractivity contribution >= 4 is 17.5 Å². The van der Waals surface area contributed by atoms with Crippen LogP contribution in [0.3, 0.4) is 0 Å². The van der Waals surface area contributed by atoms with E-state index in [0.717, 1.165) is 7.11 Å². The number of hydrogen-bond acceptors (Lipinski definition) is 8. The van der Waals surface area contributed by atoms with Gasteiger partial charge in [-0.1, -0.05) is 12.5 Å². The Labute approximate surface area is 129 Å². The number of nitrogens with two attached hydrogens (primary N) is 2. The summed E-state index contributed by atoms with van der Waals surface area (Å²) in [6, 6.07) is 0. The van der Waals surface area contributed by atoms with Gasteiger partial charge in [-0.05, 0) is 6.92 Å². The van der Waals surface area contributed by atoms with Gasteiger partial charge in [-0.2, -0.15) is 9.97 Å². The van der Waals surface area contributed by atoms with E-state index < -0.39 is 6.23 Å². The van der Waals surface area contributed by atoms with Crippen molar-refractivity contribution in [1.82, 2.24) is 9.97 Å². The Morgan fingerprint density at radius 3 is 2.77 bits per heavy atom. The summed E-state index contributed by atoms with van der Waals surface area (Å²) < 4.78 is 10.8. The van der Waals surface area contributed by atoms with Gasteiger partial charge in [0.2, 0.25) is 11.8 Å². The summed E-state index contributed by atoms with van der Waals surface area (Å²) in [5.74, 6) is 3.74. The molecule has 1 aliphatic rings. The molecule has 8 nitrogen and oxygen atoms in total. The first kappa shape index (κ1) is 17.4. The first-order valence-corrected chi connectivity index (χ1v) is 6.62. The summed E-state index contributed by atoms with van der Waals surface area (Å²) in [7, 11) is 1.00. The predicted molar refractivity (Wildman–Crippen MR) is 84.7 cm³/mol. The fraction of sp³-hybridized carbons (Fsp3) is 0.429. The molecule has 2 unspecified atom stereocenters. The molecule has 1 fully saturated rings. The molecule has 1 aromatic heterocycles. The Bertz CT molecular complexity index is 570. The molecular weight excluding hydrogens is 286 g/mol. The van der Waals surface area contributed by atoms with Gasteiger partial charge >= 0.3 is 0 Å². The second-order valence-corrected chi connectivity index (χ2v) is 4.28. The number of ether oxygens (including phenoxy) is 2. The molecule has 6 N–H and O–H groups in total. The molecule has 0 radical (unpaired) electrons. The van der Waals surface area contributed by atoms with Crippen LogP contribution in [0.5, 0.6) is 5.88 Å². The molecular formula is C14H21N5O3. The van der Waals surface area contributed by atoms with Crippen molar-refractivity contribution in [2.75, 3.05) is 30.5 Å². The van der Waals surface area contributed by atoms with Crippen LogP contribution in [0.1, 0.15) is 13.3 Å². The molecule has 2 heterocycles. The average Bonchev–Trinajstić information content (AvgIpc) is 2.86. The largest absolute Gasteiger partial charge is 0.476 e. The lowest BCUT2D eigenvalue weighted by molar-refractivity contribution is 0.171. The minimum atomic E-state index is -0.446. The van der Waals surface area contributed by atoms with E-state index in [-0.39, 0.29) is 23.4 Å². The summed E-state index contributed by atoms with van der Waals surface area (Å²) in [5.41, 5.74) is 11.8. The number of anilines is 3. The van der Waals surface area contributed by atoms with Crippen molar-refractivity contribution in [1.29, 1.82) is 0 Å². The molecule has 0 saturated carbocycles. The highest BCUT2D eigenvalue weighted by molar-refractivity contribution is 5.68. The van der Waals surface area contributed by atoms with Gasteiger partial charge in [0.15, 0.2) is 12.0 Å². The van der Waals surface area contributed by atoms with Crippen LogP contribution in [0, 0.1) is 18.3 Å². The lowest BCUT2D eigenvalue weighted by Gasteiger charge is -2.18. The van der Waals surface area contributed by atoms with Crippen LogP contribution < -0.4 is 21.5 Å². The van der Waals surface area contributed by atoms with Crippen LogP contribution >= 0.6 is 0 Å². The third kappa shape index (κ3) is 3.93. The Kier molecular flexibility index (Phi) is 6.28. The Morgan fingerprint density at radius 1 is 1.50 bits per heavy atom. The van der Waals surface area contributed by atoms with E-state index in [2.05, 4.69) is 27.8 Å². The normalized spacial score (nSPS) is 19.5. The molecule has 0 aromatic carbocycles. The van der Waals surface area contributed by atoms with E-state index in [1.54, 1.807) is 0 Å². The van der Waals surface area contributed by atoms with Crippen LogP contribution in [0.2, 0.25) is 0 Å². The van der Waals surface area contributed by atoms with E-state index in [4.69, 9.17) is 32.5 Å². The summed E-state index contributed by atoms with van der Waals surface area (Å²) in [6.45, 7) is 6.00. The van der Waals surface area contributed by atoms with Crippen molar-refractivity contribution in [2.45, 2.75) is 19.6 Å². The third-order valence-corrected chi connectivity index (χ3v) is 2.81. The number of terminal acetylenes is 1. The van der Waals surface area contributed by atoms with Gasteiger partial charge in [-0.3, -0.25) is 0 Å². The SMILES string of the molecule is C#CC1CC(=C)OC1Nc1nc(N)nc(OCC)c1N.CO. The molecule has 0 aliphatic carbocycles. The number of aliphatic hydroxyl groups is 1. The van der Waals surface area contributed by atoms with Crippen molar-refractivity contribution < 1.29 is 14.6 Å². The zero-order valence-corrected chi connectivity index (χ0v) is 12.7. The van der Waals surface area contributed by atoms with Crippen LogP contribution in [0.25, 0.3) is 0 Å². The number of nitrogens with one attached hydrogen (secondary N) is 1. The highest BCUT2D eigenvalue weighted by Crippen LogP contribution is 2.32. The van der Waals surface area contributed by atoms with Crippen LogP contribution in [-0.4, -0.2) is 35.0 Å². The number of nitrogens with zero attached hydrogens (tertiary/aromatic N) is 2. The van der Waals surface area contributed by atoms with Gasteiger partial charge in [-0.15, -0.1) is 6.42 Å². The average molecular weight is 307 g/mol. The van der Waals surface area contributed by atoms with E-state index in [1.165, 1.54) is 0 Å². The summed E-state index contributed by atoms with van der Waals surface area (Å²) in [4.78, 5) is 7.98. The lowest BCUT2D eigenvalue weighted by atomic mass is 10.1. The molecule has 2 rings (SSSR count). The number of allylic oxidation sites excluding steroid dienone is 1. The number of hydrogen-bond donors (Lipinski definition) is 4. The molecule has 1 saturated heterocycles. The number of aliphatic hydroxyl groups excluding tert-OH is 1. The van der Waals surface area contributed by atoms with Crippen LogP contribution in [0.4, 0.5) is 17.5 Å². The van der Waals surface area contributed by atoms with Crippen molar-refractivity contribution in [2.24, 2.45) is 5.92 Å². The topological polar surface area (TPSA) is 129 Å². The Hall–Kier alpha value is -2.66. The van der Waals surface area contributed by atoms with Crippen LogP contribution in [0.15, 0.2) is 12.3 Å². The highest BCUT2D eigenvalue weighted by Gasteiger charge is 2.31. The van der Waals surface area contributed by atoms with Gasteiger partial charge in [-0.25, -0.2) is 0 Å². The van der Waals surface area contributed by atoms with Gasteiger partial charge in [0.1, 0.15) is 5.69 Å². The second-order valence-electron chi connectivity index (χ2n) is 4.28. The minimum Gasteiger partial charge on any atom is -0.476 e. The summed E-state index contributed by atoms with van der Waals surface area (Å²) >= 11 is 0. The third-order valence-electron chi connectivity index (χ3n) is 2.81. The maximum absolute atomic E-state index is 7.00. The van der Waals surface area contributed by atoms with Gasteiger partial charge < -0.3 is 31.4 Å². The maximum Gasteiger partial charge on any atom is 0.244 e. The van der Waals surface area contributed by atoms with E-state index >= 15 is 0 Å². The molecule has 1 aliphatic heterocycles. The summed E-state index contributed by atoms with van der Waals surface area (Å²) in [6.07, 6.45) is 5.61. The quantitative estimate of drug-likeness (QED) is 0.594. The first-order valence-electron chi connectivity index (χ1n) is 6.62. The molecule has 0 bridgehead atoms. The molecule has 0 spiro atoms. The Morgan fingerprint density at radius 2 is 2.18 bits per heavy atom. The van der Waals surface area contributed by atoms with E-state index in [1.807, 2.05) is 6.92 Å². The summed E-state index contributed by atoms with van der Waals surface area (Å²) in [5, 5.41) is 10.0. The zero-order valence-electron chi connectivity index (χ0n) is 12.7. The highest BCUT2D eigenvalue weighted by atomic mass is 16.5. The monoisotopic (exact) mass is 307 g/mol. The van der Waals surface area contributed by atoms with Crippen molar-refractivity contribution in [3.8, 4) is 18.2 Å². The molecule has 1 aromatic rings. The Balaban J connectivity index is 0.00000116. The number of aromatic nitrogens is 2. The van der Waals surface area contributed by atoms with E-state index in [0.29, 0.717) is 24.6 Å². The fourth-order valence-electron chi connectivity index (χ4n) is 1.90. The number of nitrogen functional groups attached to an aromatic ring is 2. The maximum atomic E-state index is 7.00. The van der Waals surface area contributed by atoms with E-state index in [9.17, 15) is 0 Å². The van der Waals surface area contributed by atoms with Gasteiger partial charge in [0.05, 0.1) is 18.3 Å². The second kappa shape index (κ2) is 7.95. The minimum absolute atomic E-state index is 0.0548. The van der Waals surface area contributed by atoms with Gasteiger partial charge in [0.25, 0.3) is 0 Å². The van der Waals surface area contributed by atoms with Crippen molar-refractivity contribution in [3.63, 3.8) is 0 Å². The standard InChI is InChI=1S/C13H17N5O2.CH4O/c1-4-8-6-7(3)20-11(8)16-10-9(14)12(19-5-2)18-13(15)17-10;1-2/h1,8,11H,3,5-6,14H2,2H3,(H3,15,16,17,18);2H,1H3. The zero-order chi connectivity index (χ0) is 16.7. The van der Waals surface area contributed by atoms with Gasteiger partial charge in [0, 0.05) is 13.5 Å². The molecule has 2 atom stereocenters. The van der Waals surface area contributed by atoms with Crippen LogP contribution in [-0.2, 0) is 4.74 Å². The molecule has 8 heteroatoms.